The lowest BCUT2D eigenvalue weighted by Gasteiger charge is -2.18. The minimum Gasteiger partial charge on any atom is -0.423 e. The standard InChI is InChI=1S/C10H16BNO4/c1-3-15-10(16-4-2)9-8(11(13)14)6-5-7-12-9/h5-7,10,13-14H,3-4H2,1-2H3. The zero-order chi connectivity index (χ0) is 12.0. The molecule has 1 heterocycles. The van der Waals surface area contributed by atoms with Crippen LogP contribution in [0.4, 0.5) is 0 Å². The third-order valence-corrected chi connectivity index (χ3v) is 2.01. The highest BCUT2D eigenvalue weighted by Crippen LogP contribution is 2.14. The van der Waals surface area contributed by atoms with Gasteiger partial charge in [-0.1, -0.05) is 6.07 Å². The van der Waals surface area contributed by atoms with Crippen LogP contribution in [0.3, 0.4) is 0 Å². The summed E-state index contributed by atoms with van der Waals surface area (Å²) in [6.07, 6.45) is 0.902. The van der Waals surface area contributed by atoms with E-state index in [1.165, 1.54) is 0 Å². The Morgan fingerprint density at radius 1 is 1.31 bits per heavy atom. The van der Waals surface area contributed by atoms with Crippen LogP contribution >= 0.6 is 0 Å². The summed E-state index contributed by atoms with van der Waals surface area (Å²) in [6, 6.07) is 3.21. The van der Waals surface area contributed by atoms with E-state index in [1.54, 1.807) is 18.3 Å². The molecule has 0 fully saturated rings. The van der Waals surface area contributed by atoms with E-state index in [0.29, 0.717) is 24.4 Å². The molecule has 0 atom stereocenters. The van der Waals surface area contributed by atoms with Crippen molar-refractivity contribution in [3.8, 4) is 0 Å². The highest BCUT2D eigenvalue weighted by atomic mass is 16.7. The Morgan fingerprint density at radius 2 is 1.94 bits per heavy atom. The fraction of sp³-hybridized carbons (Fsp3) is 0.500. The maximum Gasteiger partial charge on any atom is 0.490 e. The van der Waals surface area contributed by atoms with Crippen molar-refractivity contribution in [3.05, 3.63) is 24.0 Å². The van der Waals surface area contributed by atoms with Crippen LogP contribution in [0, 0.1) is 0 Å². The van der Waals surface area contributed by atoms with Crippen LogP contribution in [0.25, 0.3) is 0 Å². The van der Waals surface area contributed by atoms with Crippen molar-refractivity contribution in [2.75, 3.05) is 13.2 Å². The van der Waals surface area contributed by atoms with Gasteiger partial charge >= 0.3 is 7.12 Å². The molecule has 1 aromatic heterocycles. The van der Waals surface area contributed by atoms with Crippen molar-refractivity contribution in [2.45, 2.75) is 20.1 Å². The van der Waals surface area contributed by atoms with Crippen molar-refractivity contribution in [1.82, 2.24) is 4.98 Å². The second-order valence-electron chi connectivity index (χ2n) is 3.09. The van der Waals surface area contributed by atoms with E-state index in [0.717, 1.165) is 0 Å². The number of hydrogen-bond acceptors (Lipinski definition) is 5. The monoisotopic (exact) mass is 225 g/mol. The molecular formula is C10H16BNO4. The van der Waals surface area contributed by atoms with Gasteiger partial charge in [-0.3, -0.25) is 4.98 Å². The second kappa shape index (κ2) is 6.60. The largest absolute Gasteiger partial charge is 0.490 e. The number of aromatic nitrogens is 1. The molecule has 6 heteroatoms. The summed E-state index contributed by atoms with van der Waals surface area (Å²) in [5.74, 6) is 0. The molecule has 0 saturated heterocycles. The molecule has 5 nitrogen and oxygen atoms in total. The molecule has 2 N–H and O–H groups in total. The summed E-state index contributed by atoms with van der Waals surface area (Å²) in [4.78, 5) is 4.07. The van der Waals surface area contributed by atoms with Gasteiger partial charge in [0.1, 0.15) is 0 Å². The molecule has 1 aromatic rings. The molecule has 88 valence electrons. The number of ether oxygens (including phenoxy) is 2. The summed E-state index contributed by atoms with van der Waals surface area (Å²) in [5, 5.41) is 18.4. The molecular weight excluding hydrogens is 209 g/mol. The number of pyridine rings is 1. The van der Waals surface area contributed by atoms with Gasteiger partial charge in [0.2, 0.25) is 6.29 Å². The first kappa shape index (κ1) is 13.1. The molecule has 0 aromatic carbocycles. The van der Waals surface area contributed by atoms with Crippen molar-refractivity contribution >= 4 is 12.6 Å². The number of rotatable bonds is 6. The Bertz CT molecular complexity index is 315. The quantitative estimate of drug-likeness (QED) is 0.519. The van der Waals surface area contributed by atoms with Crippen molar-refractivity contribution in [1.29, 1.82) is 0 Å². The fourth-order valence-electron chi connectivity index (χ4n) is 1.35. The fourth-order valence-corrected chi connectivity index (χ4v) is 1.35. The van der Waals surface area contributed by atoms with Gasteiger partial charge in [-0.05, 0) is 19.9 Å². The van der Waals surface area contributed by atoms with Gasteiger partial charge in [-0.2, -0.15) is 0 Å². The van der Waals surface area contributed by atoms with Crippen LogP contribution in [0.15, 0.2) is 18.3 Å². The molecule has 0 unspecified atom stereocenters. The minimum atomic E-state index is -1.58. The van der Waals surface area contributed by atoms with Crippen molar-refractivity contribution in [2.24, 2.45) is 0 Å². The summed E-state index contributed by atoms with van der Waals surface area (Å²) in [6.45, 7) is 4.60. The van der Waals surface area contributed by atoms with Crippen molar-refractivity contribution < 1.29 is 19.5 Å². The lowest BCUT2D eigenvalue weighted by molar-refractivity contribution is -0.142. The van der Waals surface area contributed by atoms with E-state index in [1.807, 2.05) is 13.8 Å². The van der Waals surface area contributed by atoms with Crippen LogP contribution in [-0.4, -0.2) is 35.4 Å². The Morgan fingerprint density at radius 3 is 2.44 bits per heavy atom. The Balaban J connectivity index is 2.97. The van der Waals surface area contributed by atoms with Crippen LogP contribution in [0.1, 0.15) is 25.8 Å². The maximum absolute atomic E-state index is 9.19. The van der Waals surface area contributed by atoms with E-state index in [-0.39, 0.29) is 0 Å². The molecule has 0 spiro atoms. The molecule has 0 aliphatic carbocycles. The predicted octanol–water partition coefficient (Wildman–Crippen LogP) is -0.167. The zero-order valence-corrected chi connectivity index (χ0v) is 9.46. The average molecular weight is 225 g/mol. The zero-order valence-electron chi connectivity index (χ0n) is 9.46. The first-order chi connectivity index (χ1) is 7.70. The normalized spacial score (nSPS) is 10.8. The highest BCUT2D eigenvalue weighted by molar-refractivity contribution is 6.59. The van der Waals surface area contributed by atoms with Gasteiger partial charge in [0.15, 0.2) is 0 Å². The van der Waals surface area contributed by atoms with Gasteiger partial charge < -0.3 is 19.5 Å². The lowest BCUT2D eigenvalue weighted by Crippen LogP contribution is -2.35. The number of nitrogens with zero attached hydrogens (tertiary/aromatic N) is 1. The summed E-state index contributed by atoms with van der Waals surface area (Å²) >= 11 is 0. The van der Waals surface area contributed by atoms with Crippen LogP contribution in [0.5, 0.6) is 0 Å². The van der Waals surface area contributed by atoms with Crippen LogP contribution in [0.2, 0.25) is 0 Å². The minimum absolute atomic E-state index is 0.300. The topological polar surface area (TPSA) is 71.8 Å². The SMILES string of the molecule is CCOC(OCC)c1ncccc1B(O)O. The number of hydrogen-bond donors (Lipinski definition) is 2. The molecule has 0 amide bonds. The Labute approximate surface area is 95.2 Å². The van der Waals surface area contributed by atoms with E-state index in [9.17, 15) is 10.0 Å². The average Bonchev–Trinajstić information content (AvgIpc) is 2.29. The highest BCUT2D eigenvalue weighted by Gasteiger charge is 2.23. The second-order valence-corrected chi connectivity index (χ2v) is 3.09. The molecule has 0 aliphatic rings. The Hall–Kier alpha value is -0.945. The van der Waals surface area contributed by atoms with Crippen LogP contribution in [-0.2, 0) is 9.47 Å². The molecule has 0 radical (unpaired) electrons. The van der Waals surface area contributed by atoms with E-state index >= 15 is 0 Å². The Kier molecular flexibility index (Phi) is 5.41. The predicted molar refractivity (Wildman–Crippen MR) is 60.1 cm³/mol. The van der Waals surface area contributed by atoms with Crippen molar-refractivity contribution in [3.63, 3.8) is 0 Å². The summed E-state index contributed by atoms with van der Waals surface area (Å²) in [5.41, 5.74) is 0.704. The lowest BCUT2D eigenvalue weighted by atomic mass is 9.79. The summed E-state index contributed by atoms with van der Waals surface area (Å²) in [7, 11) is -1.58. The van der Waals surface area contributed by atoms with E-state index in [2.05, 4.69) is 4.98 Å². The molecule has 0 saturated carbocycles. The first-order valence-corrected chi connectivity index (χ1v) is 5.24. The van der Waals surface area contributed by atoms with Gasteiger partial charge in [-0.15, -0.1) is 0 Å². The van der Waals surface area contributed by atoms with Gasteiger partial charge in [0.25, 0.3) is 0 Å². The van der Waals surface area contributed by atoms with E-state index in [4.69, 9.17) is 9.47 Å². The third-order valence-electron chi connectivity index (χ3n) is 2.01. The molecule has 16 heavy (non-hydrogen) atoms. The molecule has 0 aliphatic heterocycles. The van der Waals surface area contributed by atoms with Gasteiger partial charge in [-0.25, -0.2) is 0 Å². The first-order valence-electron chi connectivity index (χ1n) is 5.24. The molecule has 0 bridgehead atoms. The van der Waals surface area contributed by atoms with E-state index < -0.39 is 13.4 Å². The van der Waals surface area contributed by atoms with Crippen LogP contribution < -0.4 is 5.46 Å². The molecule has 1 rings (SSSR count). The maximum atomic E-state index is 9.19. The smallest absolute Gasteiger partial charge is 0.423 e. The summed E-state index contributed by atoms with van der Waals surface area (Å²) < 4.78 is 10.7. The third kappa shape index (κ3) is 3.28. The van der Waals surface area contributed by atoms with Gasteiger partial charge in [0, 0.05) is 24.9 Å². The van der Waals surface area contributed by atoms with Gasteiger partial charge in [0.05, 0.1) is 5.69 Å².